The second-order valence-corrected chi connectivity index (χ2v) is 6.22. The predicted octanol–water partition coefficient (Wildman–Crippen LogP) is 5.09. The normalized spacial score (nSPS) is 12.7. The molecule has 2 aromatic rings. The van der Waals surface area contributed by atoms with E-state index in [0.29, 0.717) is 16.5 Å². The van der Waals surface area contributed by atoms with E-state index >= 15 is 0 Å². The van der Waals surface area contributed by atoms with Crippen molar-refractivity contribution in [2.45, 2.75) is 12.5 Å². The van der Waals surface area contributed by atoms with Crippen molar-refractivity contribution in [2.24, 2.45) is 0 Å². The molecular weight excluding hydrogens is 343 g/mol. The average Bonchev–Trinajstić information content (AvgIpc) is 2.70. The number of thiophene rings is 1. The Morgan fingerprint density at radius 3 is 2.59 bits per heavy atom. The van der Waals surface area contributed by atoms with Crippen LogP contribution in [0.15, 0.2) is 34.1 Å². The lowest BCUT2D eigenvalue weighted by atomic mass is 10.1. The predicted molar refractivity (Wildman–Crippen MR) is 77.1 cm³/mol. The average molecular weight is 352 g/mol. The van der Waals surface area contributed by atoms with Gasteiger partial charge in [0.25, 0.3) is 0 Å². The van der Waals surface area contributed by atoms with E-state index in [-0.39, 0.29) is 0 Å². The largest absolute Gasteiger partial charge is 0.387 e. The van der Waals surface area contributed by atoms with Gasteiger partial charge in [0.15, 0.2) is 0 Å². The van der Waals surface area contributed by atoms with Crippen LogP contribution >= 0.6 is 50.5 Å². The zero-order chi connectivity index (χ0) is 12.4. The van der Waals surface area contributed by atoms with Gasteiger partial charge in [-0.3, -0.25) is 0 Å². The van der Waals surface area contributed by atoms with Gasteiger partial charge in [-0.25, -0.2) is 0 Å². The maximum Gasteiger partial charge on any atom is 0.0933 e. The van der Waals surface area contributed by atoms with Crippen LogP contribution in [-0.4, -0.2) is 5.11 Å². The lowest BCUT2D eigenvalue weighted by Gasteiger charge is -2.10. The standard InChI is InChI=1S/C12H9BrCl2OS/c13-8-3-4-17-12(8)11(16)6-7-1-2-9(14)10(15)5-7/h1-5,11,16H,6H2. The molecule has 2 rings (SSSR count). The van der Waals surface area contributed by atoms with Gasteiger partial charge in [-0.05, 0) is 45.1 Å². The van der Waals surface area contributed by atoms with Crippen LogP contribution in [0.5, 0.6) is 0 Å². The molecule has 17 heavy (non-hydrogen) atoms. The molecule has 0 amide bonds. The second kappa shape index (κ2) is 5.72. The summed E-state index contributed by atoms with van der Waals surface area (Å²) in [6, 6.07) is 7.33. The van der Waals surface area contributed by atoms with Crippen LogP contribution < -0.4 is 0 Å². The van der Waals surface area contributed by atoms with Gasteiger partial charge in [0, 0.05) is 15.8 Å². The van der Waals surface area contributed by atoms with Gasteiger partial charge < -0.3 is 5.11 Å². The molecule has 1 N–H and O–H groups in total. The highest BCUT2D eigenvalue weighted by Crippen LogP contribution is 2.32. The summed E-state index contributed by atoms with van der Waals surface area (Å²) in [5, 5.41) is 13.1. The number of rotatable bonds is 3. The third-order valence-corrected chi connectivity index (χ3v) is 5.07. The summed E-state index contributed by atoms with van der Waals surface area (Å²) in [4.78, 5) is 0.927. The van der Waals surface area contributed by atoms with E-state index < -0.39 is 6.10 Å². The first-order valence-corrected chi connectivity index (χ1v) is 7.35. The van der Waals surface area contributed by atoms with Gasteiger partial charge in [-0.15, -0.1) is 11.3 Å². The molecule has 0 bridgehead atoms. The molecule has 0 fully saturated rings. The summed E-state index contributed by atoms with van der Waals surface area (Å²) in [6.45, 7) is 0. The minimum Gasteiger partial charge on any atom is -0.387 e. The van der Waals surface area contributed by atoms with E-state index in [2.05, 4.69) is 15.9 Å². The maximum absolute atomic E-state index is 10.1. The van der Waals surface area contributed by atoms with Crippen molar-refractivity contribution < 1.29 is 5.11 Å². The Labute approximate surface area is 122 Å². The minimum absolute atomic E-state index is 0.515. The fraction of sp³-hybridized carbons (Fsp3) is 0.167. The zero-order valence-electron chi connectivity index (χ0n) is 8.66. The van der Waals surface area contributed by atoms with Crippen LogP contribution in [0.1, 0.15) is 16.5 Å². The third-order valence-electron chi connectivity index (χ3n) is 2.36. The number of hydrogen-bond acceptors (Lipinski definition) is 2. The van der Waals surface area contributed by atoms with Crippen LogP contribution in [0.2, 0.25) is 10.0 Å². The Bertz CT molecular complexity index is 527. The van der Waals surface area contributed by atoms with Crippen molar-refractivity contribution in [3.05, 3.63) is 54.6 Å². The summed E-state index contributed by atoms with van der Waals surface area (Å²) in [5.74, 6) is 0. The van der Waals surface area contributed by atoms with Gasteiger partial charge in [0.2, 0.25) is 0 Å². The number of aliphatic hydroxyl groups is 1. The van der Waals surface area contributed by atoms with Crippen molar-refractivity contribution >= 4 is 50.5 Å². The van der Waals surface area contributed by atoms with E-state index in [1.54, 1.807) is 12.1 Å². The Balaban J connectivity index is 2.16. The van der Waals surface area contributed by atoms with Crippen LogP contribution in [0.25, 0.3) is 0 Å². The first-order valence-electron chi connectivity index (χ1n) is 4.93. The number of hydrogen-bond donors (Lipinski definition) is 1. The van der Waals surface area contributed by atoms with Crippen molar-refractivity contribution in [1.82, 2.24) is 0 Å². The zero-order valence-corrected chi connectivity index (χ0v) is 12.6. The van der Waals surface area contributed by atoms with Crippen LogP contribution in [-0.2, 0) is 6.42 Å². The fourth-order valence-electron chi connectivity index (χ4n) is 1.53. The van der Waals surface area contributed by atoms with Gasteiger partial charge in [-0.1, -0.05) is 29.3 Å². The lowest BCUT2D eigenvalue weighted by Crippen LogP contribution is -2.00. The van der Waals surface area contributed by atoms with Crippen LogP contribution in [0, 0.1) is 0 Å². The summed E-state index contributed by atoms with van der Waals surface area (Å²) in [7, 11) is 0. The number of benzene rings is 1. The topological polar surface area (TPSA) is 20.2 Å². The molecule has 1 atom stereocenters. The first kappa shape index (κ1) is 13.4. The highest BCUT2D eigenvalue weighted by molar-refractivity contribution is 9.10. The molecule has 0 spiro atoms. The van der Waals surface area contributed by atoms with Gasteiger partial charge in [0.1, 0.15) is 0 Å². The highest BCUT2D eigenvalue weighted by Gasteiger charge is 2.14. The van der Waals surface area contributed by atoms with E-state index in [4.69, 9.17) is 23.2 Å². The molecule has 0 radical (unpaired) electrons. The molecule has 1 nitrogen and oxygen atoms in total. The first-order chi connectivity index (χ1) is 8.08. The summed E-state index contributed by atoms with van der Waals surface area (Å²) in [6.07, 6.45) is -0.00247. The van der Waals surface area contributed by atoms with Gasteiger partial charge >= 0.3 is 0 Å². The highest BCUT2D eigenvalue weighted by atomic mass is 79.9. The van der Waals surface area contributed by atoms with Gasteiger partial charge in [0.05, 0.1) is 16.1 Å². The minimum atomic E-state index is -0.526. The molecule has 5 heteroatoms. The molecule has 0 aliphatic heterocycles. The van der Waals surface area contributed by atoms with Crippen LogP contribution in [0.4, 0.5) is 0 Å². The molecule has 0 aliphatic carbocycles. The molecule has 90 valence electrons. The quantitative estimate of drug-likeness (QED) is 0.816. The molecule has 0 aliphatic rings. The number of aliphatic hydroxyl groups excluding tert-OH is 1. The molecular formula is C12H9BrCl2OS. The van der Waals surface area contributed by atoms with E-state index in [1.165, 1.54) is 11.3 Å². The SMILES string of the molecule is OC(Cc1ccc(Cl)c(Cl)c1)c1sccc1Br. The molecule has 1 heterocycles. The molecule has 1 aromatic carbocycles. The van der Waals surface area contributed by atoms with Crippen molar-refractivity contribution in [3.63, 3.8) is 0 Å². The molecule has 0 saturated carbocycles. The van der Waals surface area contributed by atoms with Crippen molar-refractivity contribution in [1.29, 1.82) is 0 Å². The van der Waals surface area contributed by atoms with E-state index in [9.17, 15) is 5.11 Å². The summed E-state index contributed by atoms with van der Waals surface area (Å²) in [5.41, 5.74) is 0.965. The summed E-state index contributed by atoms with van der Waals surface area (Å²) < 4.78 is 0.940. The van der Waals surface area contributed by atoms with E-state index in [1.807, 2.05) is 17.5 Å². The maximum atomic E-state index is 10.1. The smallest absolute Gasteiger partial charge is 0.0933 e. The monoisotopic (exact) mass is 350 g/mol. The van der Waals surface area contributed by atoms with E-state index in [0.717, 1.165) is 14.9 Å². The van der Waals surface area contributed by atoms with Crippen LogP contribution in [0.3, 0.4) is 0 Å². The Kier molecular flexibility index (Phi) is 4.50. The lowest BCUT2D eigenvalue weighted by molar-refractivity contribution is 0.181. The molecule has 1 aromatic heterocycles. The Hall–Kier alpha value is -0.0600. The summed E-state index contributed by atoms with van der Waals surface area (Å²) >= 11 is 16.7. The second-order valence-electron chi connectivity index (χ2n) is 3.60. The Morgan fingerprint density at radius 2 is 2.00 bits per heavy atom. The third kappa shape index (κ3) is 3.24. The Morgan fingerprint density at radius 1 is 1.24 bits per heavy atom. The number of halogens is 3. The molecule has 1 unspecified atom stereocenters. The van der Waals surface area contributed by atoms with Crippen molar-refractivity contribution in [3.8, 4) is 0 Å². The molecule has 0 saturated heterocycles. The fourth-order valence-corrected chi connectivity index (χ4v) is 3.47. The van der Waals surface area contributed by atoms with Gasteiger partial charge in [-0.2, -0.15) is 0 Å². The van der Waals surface area contributed by atoms with Crippen molar-refractivity contribution in [2.75, 3.05) is 0 Å².